The largest absolute Gasteiger partial charge is 0.493 e. The van der Waals surface area contributed by atoms with Crippen LogP contribution in [0.2, 0.25) is 0 Å². The van der Waals surface area contributed by atoms with E-state index in [9.17, 15) is 0 Å². The molecule has 0 radical (unpaired) electrons. The number of benzene rings is 2. The smallest absolute Gasteiger partial charge is 0.127 e. The first-order chi connectivity index (χ1) is 8.20. The first kappa shape index (κ1) is 11.3. The molecule has 4 N–H and O–H groups in total. The minimum Gasteiger partial charge on any atom is -0.493 e. The molecule has 3 nitrogen and oxygen atoms in total. The van der Waals surface area contributed by atoms with Gasteiger partial charge in [-0.15, -0.1) is 0 Å². The fraction of sp³-hybridized carbons (Fsp3) is 0.143. The molecule has 0 aliphatic heterocycles. The van der Waals surface area contributed by atoms with Crippen LogP contribution in [0.5, 0.6) is 5.75 Å². The summed E-state index contributed by atoms with van der Waals surface area (Å²) in [5, 5.41) is 0. The molecule has 17 heavy (non-hydrogen) atoms. The maximum absolute atomic E-state index is 5.81. The highest BCUT2D eigenvalue weighted by molar-refractivity contribution is 5.75. The fourth-order valence-electron chi connectivity index (χ4n) is 1.76. The molecule has 0 atom stereocenters. The van der Waals surface area contributed by atoms with Gasteiger partial charge in [-0.3, -0.25) is 0 Å². The zero-order chi connectivity index (χ0) is 12.3. The molecule has 0 aliphatic rings. The summed E-state index contributed by atoms with van der Waals surface area (Å²) in [7, 11) is 0. The van der Waals surface area contributed by atoms with Gasteiger partial charge >= 0.3 is 0 Å². The van der Waals surface area contributed by atoms with Crippen molar-refractivity contribution in [1.29, 1.82) is 0 Å². The Bertz CT molecular complexity index is 523. The minimum absolute atomic E-state index is 0.624. The molecule has 2 aromatic rings. The summed E-state index contributed by atoms with van der Waals surface area (Å²) in [4.78, 5) is 0. The second-order valence-electron chi connectivity index (χ2n) is 3.81. The van der Waals surface area contributed by atoms with Crippen molar-refractivity contribution in [1.82, 2.24) is 0 Å². The molecule has 0 bridgehead atoms. The van der Waals surface area contributed by atoms with E-state index in [1.54, 1.807) is 0 Å². The Kier molecular flexibility index (Phi) is 3.19. The third kappa shape index (κ3) is 2.50. The van der Waals surface area contributed by atoms with Crippen molar-refractivity contribution in [2.45, 2.75) is 6.92 Å². The van der Waals surface area contributed by atoms with E-state index >= 15 is 0 Å². The molecule has 0 aliphatic carbocycles. The molecule has 0 saturated heterocycles. The number of anilines is 2. The first-order valence-electron chi connectivity index (χ1n) is 5.59. The van der Waals surface area contributed by atoms with E-state index in [2.05, 4.69) is 0 Å². The van der Waals surface area contributed by atoms with E-state index in [0.29, 0.717) is 12.3 Å². The average Bonchev–Trinajstić information content (AvgIpc) is 2.32. The molecular weight excluding hydrogens is 212 g/mol. The quantitative estimate of drug-likeness (QED) is 0.794. The van der Waals surface area contributed by atoms with Gasteiger partial charge in [0.25, 0.3) is 0 Å². The normalized spacial score (nSPS) is 10.2. The molecule has 3 heteroatoms. The van der Waals surface area contributed by atoms with Gasteiger partial charge in [-0.25, -0.2) is 0 Å². The molecule has 2 rings (SSSR count). The van der Waals surface area contributed by atoms with Gasteiger partial charge in [0.05, 0.1) is 6.61 Å². The van der Waals surface area contributed by atoms with Crippen LogP contribution in [0.15, 0.2) is 42.5 Å². The summed E-state index contributed by atoms with van der Waals surface area (Å²) in [5.41, 5.74) is 15.0. The van der Waals surface area contributed by atoms with Gasteiger partial charge in [0.15, 0.2) is 0 Å². The SMILES string of the molecule is CCOc1ccc(N)cc1-c1cccc(N)c1. The Morgan fingerprint density at radius 2 is 1.76 bits per heavy atom. The maximum atomic E-state index is 5.81. The third-order valence-electron chi connectivity index (χ3n) is 2.50. The molecular formula is C14H16N2O. The molecule has 0 spiro atoms. The Balaban J connectivity index is 2.52. The summed E-state index contributed by atoms with van der Waals surface area (Å²) < 4.78 is 5.59. The standard InChI is InChI=1S/C14H16N2O/c1-2-17-14-7-6-12(16)9-13(14)10-4-3-5-11(15)8-10/h3-9H,2,15-16H2,1H3. The van der Waals surface area contributed by atoms with Gasteiger partial charge in [-0.2, -0.15) is 0 Å². The lowest BCUT2D eigenvalue weighted by atomic mass is 10.0. The van der Waals surface area contributed by atoms with Crippen LogP contribution in [0.4, 0.5) is 11.4 Å². The summed E-state index contributed by atoms with van der Waals surface area (Å²) >= 11 is 0. The van der Waals surface area contributed by atoms with E-state index in [0.717, 1.165) is 22.6 Å². The molecule has 0 heterocycles. The predicted molar refractivity (Wildman–Crippen MR) is 71.9 cm³/mol. The monoisotopic (exact) mass is 228 g/mol. The zero-order valence-corrected chi connectivity index (χ0v) is 9.81. The fourth-order valence-corrected chi connectivity index (χ4v) is 1.76. The van der Waals surface area contributed by atoms with Crippen LogP contribution in [0, 0.1) is 0 Å². The highest BCUT2D eigenvalue weighted by atomic mass is 16.5. The van der Waals surface area contributed by atoms with Crippen molar-refractivity contribution in [2.75, 3.05) is 18.1 Å². The first-order valence-corrected chi connectivity index (χ1v) is 5.59. The molecule has 0 aromatic heterocycles. The third-order valence-corrected chi connectivity index (χ3v) is 2.50. The lowest BCUT2D eigenvalue weighted by Crippen LogP contribution is -1.96. The van der Waals surface area contributed by atoms with Crippen molar-refractivity contribution >= 4 is 11.4 Å². The van der Waals surface area contributed by atoms with E-state index in [-0.39, 0.29) is 0 Å². The van der Waals surface area contributed by atoms with Gasteiger partial charge in [0.2, 0.25) is 0 Å². The molecule has 0 fully saturated rings. The van der Waals surface area contributed by atoms with Crippen molar-refractivity contribution in [2.24, 2.45) is 0 Å². The Morgan fingerprint density at radius 1 is 1.00 bits per heavy atom. The summed E-state index contributed by atoms with van der Waals surface area (Å²) in [6.45, 7) is 2.58. The lowest BCUT2D eigenvalue weighted by Gasteiger charge is -2.11. The van der Waals surface area contributed by atoms with E-state index in [4.69, 9.17) is 16.2 Å². The van der Waals surface area contributed by atoms with Gasteiger partial charge in [-0.05, 0) is 42.8 Å². The Morgan fingerprint density at radius 3 is 2.47 bits per heavy atom. The summed E-state index contributed by atoms with van der Waals surface area (Å²) in [6, 6.07) is 13.3. The molecule has 2 aromatic carbocycles. The van der Waals surface area contributed by atoms with Crippen molar-refractivity contribution in [3.63, 3.8) is 0 Å². The molecule has 0 unspecified atom stereocenters. The maximum Gasteiger partial charge on any atom is 0.127 e. The summed E-state index contributed by atoms with van der Waals surface area (Å²) in [6.07, 6.45) is 0. The van der Waals surface area contributed by atoms with E-state index in [1.807, 2.05) is 49.4 Å². The van der Waals surface area contributed by atoms with Gasteiger partial charge < -0.3 is 16.2 Å². The van der Waals surface area contributed by atoms with Crippen LogP contribution in [-0.4, -0.2) is 6.61 Å². The number of hydrogen-bond donors (Lipinski definition) is 2. The molecule has 88 valence electrons. The highest BCUT2D eigenvalue weighted by Gasteiger charge is 2.06. The predicted octanol–water partition coefficient (Wildman–Crippen LogP) is 2.92. The van der Waals surface area contributed by atoms with Crippen molar-refractivity contribution < 1.29 is 4.74 Å². The highest BCUT2D eigenvalue weighted by Crippen LogP contribution is 2.32. The number of rotatable bonds is 3. The number of nitrogen functional groups attached to an aromatic ring is 2. The molecule has 0 amide bonds. The van der Waals surface area contributed by atoms with Crippen LogP contribution in [-0.2, 0) is 0 Å². The Hall–Kier alpha value is -2.16. The van der Waals surface area contributed by atoms with Gasteiger partial charge in [-0.1, -0.05) is 12.1 Å². The van der Waals surface area contributed by atoms with Gasteiger partial charge in [0, 0.05) is 16.9 Å². The van der Waals surface area contributed by atoms with E-state index < -0.39 is 0 Å². The zero-order valence-electron chi connectivity index (χ0n) is 9.81. The molecule has 0 saturated carbocycles. The van der Waals surface area contributed by atoms with Crippen LogP contribution >= 0.6 is 0 Å². The lowest BCUT2D eigenvalue weighted by molar-refractivity contribution is 0.341. The number of nitrogens with two attached hydrogens (primary N) is 2. The van der Waals surface area contributed by atoms with Crippen LogP contribution in [0.25, 0.3) is 11.1 Å². The number of ether oxygens (including phenoxy) is 1. The second-order valence-corrected chi connectivity index (χ2v) is 3.81. The van der Waals surface area contributed by atoms with E-state index in [1.165, 1.54) is 0 Å². The Labute approximate surface area is 101 Å². The van der Waals surface area contributed by atoms with Crippen molar-refractivity contribution in [3.8, 4) is 16.9 Å². The average molecular weight is 228 g/mol. The van der Waals surface area contributed by atoms with Crippen molar-refractivity contribution in [3.05, 3.63) is 42.5 Å². The number of hydrogen-bond acceptors (Lipinski definition) is 3. The van der Waals surface area contributed by atoms with Crippen LogP contribution < -0.4 is 16.2 Å². The van der Waals surface area contributed by atoms with Crippen LogP contribution in [0.1, 0.15) is 6.92 Å². The second kappa shape index (κ2) is 4.78. The van der Waals surface area contributed by atoms with Crippen LogP contribution in [0.3, 0.4) is 0 Å². The topological polar surface area (TPSA) is 61.3 Å². The summed E-state index contributed by atoms with van der Waals surface area (Å²) in [5.74, 6) is 0.826. The minimum atomic E-state index is 0.624. The van der Waals surface area contributed by atoms with Gasteiger partial charge in [0.1, 0.15) is 5.75 Å².